The molecule has 0 aromatic heterocycles. The van der Waals surface area contributed by atoms with Crippen LogP contribution in [-0.4, -0.2) is 40.8 Å². The predicted molar refractivity (Wildman–Crippen MR) is 68.7 cm³/mol. The third-order valence-electron chi connectivity index (χ3n) is 5.52. The van der Waals surface area contributed by atoms with E-state index >= 15 is 0 Å². The number of nitrogens with two attached hydrogens (primary N) is 1. The molecule has 3 N–H and O–H groups in total. The third-order valence-corrected chi connectivity index (χ3v) is 5.52. The summed E-state index contributed by atoms with van der Waals surface area (Å²) >= 11 is 0. The molecule has 0 radical (unpaired) electrons. The Morgan fingerprint density at radius 1 is 1.12 bits per heavy atom. The number of hydrogen-bond donors (Lipinski definition) is 2. The number of aliphatic hydroxyl groups is 1. The highest BCUT2D eigenvalue weighted by Gasteiger charge is 2.49. The van der Waals surface area contributed by atoms with Crippen molar-refractivity contribution in [2.75, 3.05) is 13.1 Å². The van der Waals surface area contributed by atoms with Crippen molar-refractivity contribution in [3.05, 3.63) is 0 Å². The van der Waals surface area contributed by atoms with E-state index in [9.17, 15) is 5.11 Å². The number of rotatable bonds is 2. The van der Waals surface area contributed by atoms with Crippen LogP contribution < -0.4 is 5.73 Å². The molecule has 17 heavy (non-hydrogen) atoms. The summed E-state index contributed by atoms with van der Waals surface area (Å²) in [7, 11) is 0. The molecule has 3 heteroatoms. The van der Waals surface area contributed by atoms with Gasteiger partial charge in [-0.3, -0.25) is 4.90 Å². The Hall–Kier alpha value is -0.120. The van der Waals surface area contributed by atoms with Crippen LogP contribution in [-0.2, 0) is 0 Å². The first-order valence-corrected chi connectivity index (χ1v) is 7.41. The smallest absolute Gasteiger partial charge is 0.0810 e. The number of fused-ring (bicyclic) bond motifs is 2. The summed E-state index contributed by atoms with van der Waals surface area (Å²) in [6.07, 6.45) is 10.2. The monoisotopic (exact) mass is 238 g/mol. The van der Waals surface area contributed by atoms with Crippen molar-refractivity contribution in [3.63, 3.8) is 0 Å². The summed E-state index contributed by atoms with van der Waals surface area (Å²) in [6.45, 7) is 1.55. The lowest BCUT2D eigenvalue weighted by Gasteiger charge is -2.37. The molecule has 0 spiro atoms. The summed E-state index contributed by atoms with van der Waals surface area (Å²) < 4.78 is 0. The minimum Gasteiger partial charge on any atom is -0.388 e. The second-order valence-corrected chi connectivity index (χ2v) is 6.42. The van der Waals surface area contributed by atoms with Gasteiger partial charge in [-0.1, -0.05) is 19.3 Å². The van der Waals surface area contributed by atoms with E-state index in [1.54, 1.807) is 0 Å². The number of likely N-dealkylation sites (tertiary alicyclic amines) is 1. The van der Waals surface area contributed by atoms with Gasteiger partial charge in [-0.25, -0.2) is 0 Å². The number of hydrogen-bond acceptors (Lipinski definition) is 3. The van der Waals surface area contributed by atoms with Crippen LogP contribution in [0.25, 0.3) is 0 Å². The van der Waals surface area contributed by atoms with Crippen molar-refractivity contribution < 1.29 is 5.11 Å². The maximum atomic E-state index is 10.5. The van der Waals surface area contributed by atoms with Crippen LogP contribution in [0.3, 0.4) is 0 Å². The largest absolute Gasteiger partial charge is 0.388 e. The fourth-order valence-electron chi connectivity index (χ4n) is 4.36. The standard InChI is InChI=1S/C14H26N2O/c15-10-14(17)7-6-13-8-11(14)9-16(13)12-4-2-1-3-5-12/h11-13,17H,1-10,15H2. The van der Waals surface area contributed by atoms with Gasteiger partial charge in [-0.05, 0) is 32.1 Å². The van der Waals surface area contributed by atoms with Gasteiger partial charge in [0.1, 0.15) is 0 Å². The molecule has 3 atom stereocenters. The highest BCUT2D eigenvalue weighted by Crippen LogP contribution is 2.44. The van der Waals surface area contributed by atoms with E-state index in [4.69, 9.17) is 5.73 Å². The predicted octanol–water partition coefficient (Wildman–Crippen LogP) is 1.49. The first kappa shape index (κ1) is 11.9. The number of nitrogens with zero attached hydrogens (tertiary/aromatic N) is 1. The minimum atomic E-state index is -0.556. The van der Waals surface area contributed by atoms with Crippen LogP contribution in [0.15, 0.2) is 0 Å². The Morgan fingerprint density at radius 2 is 1.88 bits per heavy atom. The van der Waals surface area contributed by atoms with Crippen LogP contribution in [0.1, 0.15) is 51.4 Å². The minimum absolute atomic E-state index is 0.438. The zero-order chi connectivity index (χ0) is 11.9. The summed E-state index contributed by atoms with van der Waals surface area (Å²) in [5, 5.41) is 10.5. The summed E-state index contributed by atoms with van der Waals surface area (Å²) in [5.41, 5.74) is 5.22. The average Bonchev–Trinajstić information content (AvgIpc) is 2.76. The van der Waals surface area contributed by atoms with Crippen molar-refractivity contribution in [3.8, 4) is 0 Å². The molecular weight excluding hydrogens is 212 g/mol. The Bertz CT molecular complexity index is 277. The van der Waals surface area contributed by atoms with E-state index < -0.39 is 5.60 Å². The summed E-state index contributed by atoms with van der Waals surface area (Å²) in [6, 6.07) is 1.55. The molecule has 1 saturated heterocycles. The van der Waals surface area contributed by atoms with E-state index in [-0.39, 0.29) is 0 Å². The average molecular weight is 238 g/mol. The fraction of sp³-hybridized carbons (Fsp3) is 1.00. The second kappa shape index (κ2) is 4.52. The highest BCUT2D eigenvalue weighted by molar-refractivity contribution is 5.04. The van der Waals surface area contributed by atoms with E-state index in [1.165, 1.54) is 38.5 Å². The Kier molecular flexibility index (Phi) is 3.18. The Balaban J connectivity index is 1.69. The van der Waals surface area contributed by atoms with Gasteiger partial charge in [-0.15, -0.1) is 0 Å². The fourth-order valence-corrected chi connectivity index (χ4v) is 4.36. The lowest BCUT2D eigenvalue weighted by atomic mass is 9.76. The summed E-state index contributed by atoms with van der Waals surface area (Å²) in [5.74, 6) is 0.438. The van der Waals surface area contributed by atoms with Gasteiger partial charge in [0.25, 0.3) is 0 Å². The third kappa shape index (κ3) is 2.02. The first-order valence-electron chi connectivity index (χ1n) is 7.41. The molecule has 3 aliphatic rings. The lowest BCUT2D eigenvalue weighted by Crippen LogP contribution is -2.47. The van der Waals surface area contributed by atoms with Gasteiger partial charge in [0, 0.05) is 31.1 Å². The Morgan fingerprint density at radius 3 is 2.59 bits per heavy atom. The maximum absolute atomic E-state index is 10.5. The molecule has 0 aromatic rings. The quantitative estimate of drug-likeness (QED) is 0.766. The van der Waals surface area contributed by atoms with Crippen LogP contribution in [0, 0.1) is 5.92 Å². The molecule has 2 bridgehead atoms. The van der Waals surface area contributed by atoms with Gasteiger partial charge in [-0.2, -0.15) is 0 Å². The van der Waals surface area contributed by atoms with E-state index in [0.29, 0.717) is 12.5 Å². The van der Waals surface area contributed by atoms with E-state index in [1.807, 2.05) is 0 Å². The molecule has 98 valence electrons. The van der Waals surface area contributed by atoms with Gasteiger partial charge < -0.3 is 10.8 Å². The van der Waals surface area contributed by atoms with E-state index in [0.717, 1.165) is 31.5 Å². The molecule has 1 heterocycles. The van der Waals surface area contributed by atoms with E-state index in [2.05, 4.69) is 4.90 Å². The van der Waals surface area contributed by atoms with Gasteiger partial charge in [0.05, 0.1) is 5.60 Å². The zero-order valence-electron chi connectivity index (χ0n) is 10.8. The van der Waals surface area contributed by atoms with Crippen molar-refractivity contribution in [1.29, 1.82) is 0 Å². The van der Waals surface area contributed by atoms with Crippen LogP contribution in [0.2, 0.25) is 0 Å². The van der Waals surface area contributed by atoms with Crippen molar-refractivity contribution in [2.24, 2.45) is 11.7 Å². The molecule has 0 aromatic carbocycles. The molecule has 2 aliphatic carbocycles. The zero-order valence-corrected chi connectivity index (χ0v) is 10.8. The highest BCUT2D eigenvalue weighted by atomic mass is 16.3. The van der Waals surface area contributed by atoms with Crippen LogP contribution in [0.4, 0.5) is 0 Å². The lowest BCUT2D eigenvalue weighted by molar-refractivity contribution is -0.0246. The van der Waals surface area contributed by atoms with Crippen molar-refractivity contribution >= 4 is 0 Å². The molecule has 3 fully saturated rings. The van der Waals surface area contributed by atoms with Gasteiger partial charge in [0.15, 0.2) is 0 Å². The van der Waals surface area contributed by atoms with Gasteiger partial charge >= 0.3 is 0 Å². The van der Waals surface area contributed by atoms with Crippen molar-refractivity contribution in [2.45, 2.75) is 69.1 Å². The van der Waals surface area contributed by atoms with Crippen LogP contribution in [0.5, 0.6) is 0 Å². The topological polar surface area (TPSA) is 49.5 Å². The molecule has 3 rings (SSSR count). The SMILES string of the molecule is NCC1(O)CCC2CC1CN2C1CCCCC1. The molecular formula is C14H26N2O. The molecule has 3 unspecified atom stereocenters. The first-order chi connectivity index (χ1) is 8.23. The second-order valence-electron chi connectivity index (χ2n) is 6.42. The maximum Gasteiger partial charge on any atom is 0.0810 e. The normalized spacial score (nSPS) is 44.1. The van der Waals surface area contributed by atoms with Crippen molar-refractivity contribution in [1.82, 2.24) is 4.90 Å². The van der Waals surface area contributed by atoms with Crippen LogP contribution >= 0.6 is 0 Å². The van der Waals surface area contributed by atoms with Gasteiger partial charge in [0.2, 0.25) is 0 Å². The Labute approximate surface area is 104 Å². The molecule has 2 saturated carbocycles. The summed E-state index contributed by atoms with van der Waals surface area (Å²) in [4.78, 5) is 2.72. The molecule has 3 nitrogen and oxygen atoms in total. The molecule has 0 amide bonds. The molecule has 1 aliphatic heterocycles.